The third-order valence-electron chi connectivity index (χ3n) is 3.20. The molecule has 0 aromatic heterocycles. The average Bonchev–Trinajstić information content (AvgIpc) is 2.40. The van der Waals surface area contributed by atoms with Crippen molar-refractivity contribution in [3.8, 4) is 0 Å². The van der Waals surface area contributed by atoms with Gasteiger partial charge in [0.1, 0.15) is 11.6 Å². The van der Waals surface area contributed by atoms with Crippen LogP contribution < -0.4 is 10.6 Å². The van der Waals surface area contributed by atoms with Gasteiger partial charge in [-0.3, -0.25) is 0 Å². The molecular formula is C15H22F2N2O2. The van der Waals surface area contributed by atoms with Gasteiger partial charge in [0.25, 0.3) is 0 Å². The first-order valence-corrected chi connectivity index (χ1v) is 6.90. The third-order valence-corrected chi connectivity index (χ3v) is 3.20. The summed E-state index contributed by atoms with van der Waals surface area (Å²) in [7, 11) is 0. The normalized spacial score (nSPS) is 11.3. The van der Waals surface area contributed by atoms with E-state index in [-0.39, 0.29) is 36.6 Å². The predicted octanol–water partition coefficient (Wildman–Crippen LogP) is 2.22. The molecule has 1 rings (SSSR count). The van der Waals surface area contributed by atoms with E-state index in [2.05, 4.69) is 10.6 Å². The number of hydrogen-bond donors (Lipinski definition) is 3. The Morgan fingerprint density at radius 3 is 2.67 bits per heavy atom. The molecule has 0 saturated heterocycles. The fourth-order valence-corrected chi connectivity index (χ4v) is 1.82. The van der Waals surface area contributed by atoms with E-state index in [1.54, 1.807) is 0 Å². The zero-order valence-corrected chi connectivity index (χ0v) is 12.4. The number of amides is 2. The van der Waals surface area contributed by atoms with Crippen LogP contribution in [0.5, 0.6) is 0 Å². The molecule has 0 unspecified atom stereocenters. The molecule has 6 heteroatoms. The van der Waals surface area contributed by atoms with Crippen molar-refractivity contribution in [3.63, 3.8) is 0 Å². The summed E-state index contributed by atoms with van der Waals surface area (Å²) in [5, 5.41) is 14.2. The zero-order valence-electron chi connectivity index (χ0n) is 12.4. The van der Waals surface area contributed by atoms with Crippen molar-refractivity contribution in [2.75, 3.05) is 19.7 Å². The Morgan fingerprint density at radius 1 is 1.29 bits per heavy atom. The van der Waals surface area contributed by atoms with Crippen molar-refractivity contribution < 1.29 is 18.7 Å². The molecule has 0 heterocycles. The molecule has 0 aliphatic rings. The van der Waals surface area contributed by atoms with Gasteiger partial charge in [0.15, 0.2) is 0 Å². The molecule has 0 spiro atoms. The topological polar surface area (TPSA) is 61.4 Å². The zero-order chi connectivity index (χ0) is 15.9. The predicted molar refractivity (Wildman–Crippen MR) is 76.9 cm³/mol. The largest absolute Gasteiger partial charge is 0.396 e. The number of halogens is 2. The van der Waals surface area contributed by atoms with Gasteiger partial charge in [-0.1, -0.05) is 13.8 Å². The van der Waals surface area contributed by atoms with E-state index >= 15 is 0 Å². The standard InChI is InChI=1S/C15H22F2N2O2/c1-15(2,6-8-20)10-19-14(21)18-7-5-11-9-12(16)3-4-13(11)17/h3-4,9,20H,5-8,10H2,1-2H3,(H2,18,19,21). The van der Waals surface area contributed by atoms with Gasteiger partial charge in [-0.2, -0.15) is 0 Å². The molecule has 21 heavy (non-hydrogen) atoms. The summed E-state index contributed by atoms with van der Waals surface area (Å²) in [5.74, 6) is -0.982. The SMILES string of the molecule is CC(C)(CCO)CNC(=O)NCCc1cc(F)ccc1F. The second-order valence-corrected chi connectivity index (χ2v) is 5.73. The van der Waals surface area contributed by atoms with Crippen molar-refractivity contribution in [3.05, 3.63) is 35.4 Å². The van der Waals surface area contributed by atoms with Gasteiger partial charge in [0.05, 0.1) is 0 Å². The van der Waals surface area contributed by atoms with Crippen LogP contribution in [0.1, 0.15) is 25.8 Å². The van der Waals surface area contributed by atoms with E-state index in [9.17, 15) is 13.6 Å². The molecule has 4 nitrogen and oxygen atoms in total. The van der Waals surface area contributed by atoms with Crippen LogP contribution in [-0.4, -0.2) is 30.8 Å². The highest BCUT2D eigenvalue weighted by Crippen LogP contribution is 2.17. The Hall–Kier alpha value is -1.69. The Labute approximate surface area is 123 Å². The molecule has 0 atom stereocenters. The van der Waals surface area contributed by atoms with Gasteiger partial charge in [0.2, 0.25) is 0 Å². The van der Waals surface area contributed by atoms with Crippen LogP contribution in [-0.2, 0) is 6.42 Å². The van der Waals surface area contributed by atoms with Gasteiger partial charge >= 0.3 is 6.03 Å². The maximum atomic E-state index is 13.4. The fraction of sp³-hybridized carbons (Fsp3) is 0.533. The molecule has 3 N–H and O–H groups in total. The lowest BCUT2D eigenvalue weighted by Gasteiger charge is -2.23. The van der Waals surface area contributed by atoms with Crippen molar-refractivity contribution in [1.82, 2.24) is 10.6 Å². The number of aliphatic hydroxyl groups excluding tert-OH is 1. The van der Waals surface area contributed by atoms with E-state index in [0.29, 0.717) is 13.0 Å². The van der Waals surface area contributed by atoms with Crippen LogP contribution in [0.3, 0.4) is 0 Å². The highest BCUT2D eigenvalue weighted by Gasteiger charge is 2.17. The lowest BCUT2D eigenvalue weighted by Crippen LogP contribution is -2.41. The van der Waals surface area contributed by atoms with E-state index in [4.69, 9.17) is 5.11 Å². The number of rotatable bonds is 7. The molecule has 0 bridgehead atoms. The van der Waals surface area contributed by atoms with Crippen LogP contribution in [0.25, 0.3) is 0 Å². The van der Waals surface area contributed by atoms with Gasteiger partial charge in [-0.05, 0) is 42.0 Å². The monoisotopic (exact) mass is 300 g/mol. The van der Waals surface area contributed by atoms with Crippen molar-refractivity contribution in [2.45, 2.75) is 26.7 Å². The first-order chi connectivity index (χ1) is 9.84. The summed E-state index contributed by atoms with van der Waals surface area (Å²) in [4.78, 5) is 11.6. The minimum atomic E-state index is -0.499. The molecule has 1 aromatic carbocycles. The Kier molecular flexibility index (Phi) is 6.55. The summed E-state index contributed by atoms with van der Waals surface area (Å²) in [6.07, 6.45) is 0.804. The van der Waals surface area contributed by atoms with Crippen LogP contribution in [0.15, 0.2) is 18.2 Å². The first-order valence-electron chi connectivity index (χ1n) is 6.90. The number of hydrogen-bond acceptors (Lipinski definition) is 2. The van der Waals surface area contributed by atoms with Gasteiger partial charge in [0, 0.05) is 19.7 Å². The molecular weight excluding hydrogens is 278 g/mol. The Bertz CT molecular complexity index is 479. The maximum absolute atomic E-state index is 13.4. The summed E-state index contributed by atoms with van der Waals surface area (Å²) in [5.41, 5.74) is 0.0386. The van der Waals surface area contributed by atoms with E-state index in [1.807, 2.05) is 13.8 Å². The molecule has 0 radical (unpaired) electrons. The van der Waals surface area contributed by atoms with Gasteiger partial charge < -0.3 is 15.7 Å². The number of carbonyl (C=O) groups excluding carboxylic acids is 1. The summed E-state index contributed by atoms with van der Waals surface area (Å²) < 4.78 is 26.3. The van der Waals surface area contributed by atoms with Gasteiger partial charge in [-0.25, -0.2) is 13.6 Å². The number of carbonyl (C=O) groups is 1. The minimum Gasteiger partial charge on any atom is -0.396 e. The smallest absolute Gasteiger partial charge is 0.314 e. The third kappa shape index (κ3) is 6.53. The fourth-order valence-electron chi connectivity index (χ4n) is 1.82. The highest BCUT2D eigenvalue weighted by molar-refractivity contribution is 5.73. The number of benzene rings is 1. The molecule has 0 fully saturated rings. The van der Waals surface area contributed by atoms with Crippen LogP contribution >= 0.6 is 0 Å². The molecule has 2 amide bonds. The van der Waals surface area contributed by atoms with Crippen molar-refractivity contribution >= 4 is 6.03 Å². The van der Waals surface area contributed by atoms with Crippen LogP contribution in [0.2, 0.25) is 0 Å². The molecule has 0 aliphatic heterocycles. The number of urea groups is 1. The van der Waals surface area contributed by atoms with Crippen LogP contribution in [0, 0.1) is 17.0 Å². The van der Waals surface area contributed by atoms with E-state index in [1.165, 1.54) is 0 Å². The quantitative estimate of drug-likeness (QED) is 0.723. The van der Waals surface area contributed by atoms with Crippen molar-refractivity contribution in [1.29, 1.82) is 0 Å². The average molecular weight is 300 g/mol. The summed E-state index contributed by atoms with van der Waals surface area (Å²) in [6.45, 7) is 4.58. The molecule has 0 saturated carbocycles. The lowest BCUT2D eigenvalue weighted by atomic mass is 9.90. The minimum absolute atomic E-state index is 0.0646. The van der Waals surface area contributed by atoms with Gasteiger partial charge in [-0.15, -0.1) is 0 Å². The maximum Gasteiger partial charge on any atom is 0.314 e. The second-order valence-electron chi connectivity index (χ2n) is 5.73. The molecule has 0 aliphatic carbocycles. The molecule has 118 valence electrons. The first kappa shape index (κ1) is 17.4. The van der Waals surface area contributed by atoms with Crippen LogP contribution in [0.4, 0.5) is 13.6 Å². The van der Waals surface area contributed by atoms with E-state index in [0.717, 1.165) is 18.2 Å². The number of aliphatic hydroxyl groups is 1. The molecule has 1 aromatic rings. The summed E-state index contributed by atoms with van der Waals surface area (Å²) in [6, 6.07) is 2.89. The number of nitrogens with one attached hydrogen (secondary N) is 2. The van der Waals surface area contributed by atoms with Crippen molar-refractivity contribution in [2.24, 2.45) is 5.41 Å². The summed E-state index contributed by atoms with van der Waals surface area (Å²) >= 11 is 0. The highest BCUT2D eigenvalue weighted by atomic mass is 19.1. The Balaban J connectivity index is 2.32. The lowest BCUT2D eigenvalue weighted by molar-refractivity contribution is 0.201. The Morgan fingerprint density at radius 2 is 2.00 bits per heavy atom. The second kappa shape index (κ2) is 7.93. The van der Waals surface area contributed by atoms with E-state index < -0.39 is 11.6 Å².